The van der Waals surface area contributed by atoms with E-state index in [1.807, 2.05) is 0 Å². The summed E-state index contributed by atoms with van der Waals surface area (Å²) in [5.74, 6) is -0.360. The number of halogens is 1. The van der Waals surface area contributed by atoms with E-state index in [0.29, 0.717) is 43.2 Å². The molecule has 0 unspecified atom stereocenters. The van der Waals surface area contributed by atoms with Gasteiger partial charge in [0.1, 0.15) is 5.82 Å². The Morgan fingerprint density at radius 2 is 1.56 bits per heavy atom. The molecule has 2 aliphatic heterocycles. The van der Waals surface area contributed by atoms with Gasteiger partial charge in [0.15, 0.2) is 0 Å². The van der Waals surface area contributed by atoms with Crippen LogP contribution in [-0.2, 0) is 0 Å². The molecule has 2 aromatic carbocycles. The number of carbonyl (C=O) groups is 2. The topological polar surface area (TPSA) is 87.0 Å². The van der Waals surface area contributed by atoms with E-state index in [-0.39, 0.29) is 23.1 Å². The number of amides is 2. The van der Waals surface area contributed by atoms with Gasteiger partial charge in [-0.2, -0.15) is 0 Å². The van der Waals surface area contributed by atoms with Crippen molar-refractivity contribution < 1.29 is 18.9 Å². The van der Waals surface area contributed by atoms with Crippen LogP contribution in [0.3, 0.4) is 0 Å². The maximum atomic E-state index is 13.9. The molecular weight excluding hydrogens is 439 g/mol. The zero-order valence-corrected chi connectivity index (χ0v) is 19.5. The van der Waals surface area contributed by atoms with Crippen molar-refractivity contribution in [2.24, 2.45) is 5.92 Å². The zero-order chi connectivity index (χ0) is 24.4. The lowest BCUT2D eigenvalue weighted by Crippen LogP contribution is -2.50. The Balaban J connectivity index is 1.49. The summed E-state index contributed by atoms with van der Waals surface area (Å²) in [6.07, 6.45) is 2.01. The number of carbonyl (C=O) groups excluding carboxylic acids is 2. The Labute approximate surface area is 198 Å². The number of hydrogen-bond acceptors (Lipinski definition) is 5. The number of benzene rings is 2. The second kappa shape index (κ2) is 9.79. The molecule has 2 fully saturated rings. The molecule has 0 spiro atoms. The highest BCUT2D eigenvalue weighted by Crippen LogP contribution is 2.30. The van der Waals surface area contributed by atoms with Crippen molar-refractivity contribution in [2.75, 3.05) is 44.2 Å². The molecule has 0 N–H and O–H groups in total. The van der Waals surface area contributed by atoms with Gasteiger partial charge in [0.25, 0.3) is 17.5 Å². The number of nitro groups is 1. The fraction of sp³-hybridized carbons (Fsp3) is 0.440. The van der Waals surface area contributed by atoms with Gasteiger partial charge in [0.05, 0.1) is 16.2 Å². The summed E-state index contributed by atoms with van der Waals surface area (Å²) in [6, 6.07) is 8.90. The third kappa shape index (κ3) is 4.88. The minimum Gasteiger partial charge on any atom is -0.371 e. The van der Waals surface area contributed by atoms with Crippen LogP contribution in [0.25, 0.3) is 0 Å². The minimum absolute atomic E-state index is 0.118. The molecule has 180 valence electrons. The first-order chi connectivity index (χ1) is 16.2. The predicted octanol–water partition coefficient (Wildman–Crippen LogP) is 3.88. The Morgan fingerprint density at radius 3 is 2.15 bits per heavy atom. The fourth-order valence-corrected chi connectivity index (χ4v) is 4.53. The molecule has 2 amide bonds. The third-order valence-corrected chi connectivity index (χ3v) is 6.82. The van der Waals surface area contributed by atoms with Crippen LogP contribution in [0.2, 0.25) is 0 Å². The second-order valence-electron chi connectivity index (χ2n) is 9.18. The van der Waals surface area contributed by atoms with Gasteiger partial charge in [-0.3, -0.25) is 19.7 Å². The Bertz CT molecular complexity index is 1110. The number of hydrogen-bond donors (Lipinski definition) is 0. The van der Waals surface area contributed by atoms with Gasteiger partial charge in [-0.05, 0) is 49.4 Å². The van der Waals surface area contributed by atoms with Crippen LogP contribution in [0.1, 0.15) is 46.0 Å². The standard InChI is InChI=1S/C25H29FN4O4/c1-17-7-9-27(10-8-17)23-6-5-20(30(33)34)16-21(23)25(32)29-13-11-28(12-14-29)24(31)19-4-3-18(2)22(26)15-19/h3-6,15-17H,7-14H2,1-2H3. The van der Waals surface area contributed by atoms with E-state index in [1.165, 1.54) is 18.2 Å². The fourth-order valence-electron chi connectivity index (χ4n) is 4.53. The first-order valence-corrected chi connectivity index (χ1v) is 11.6. The summed E-state index contributed by atoms with van der Waals surface area (Å²) in [7, 11) is 0. The molecule has 0 bridgehead atoms. The lowest BCUT2D eigenvalue weighted by molar-refractivity contribution is -0.384. The average Bonchev–Trinajstić information content (AvgIpc) is 2.85. The molecular formula is C25H29FN4O4. The molecule has 8 nitrogen and oxygen atoms in total. The monoisotopic (exact) mass is 468 g/mol. The Hall–Kier alpha value is -3.49. The number of nitrogens with zero attached hydrogens (tertiary/aromatic N) is 4. The van der Waals surface area contributed by atoms with Crippen molar-refractivity contribution in [1.29, 1.82) is 0 Å². The van der Waals surface area contributed by atoms with Crippen LogP contribution in [0.4, 0.5) is 15.8 Å². The van der Waals surface area contributed by atoms with Crippen molar-refractivity contribution in [1.82, 2.24) is 9.80 Å². The first-order valence-electron chi connectivity index (χ1n) is 11.6. The number of aryl methyl sites for hydroxylation is 1. The van der Waals surface area contributed by atoms with Crippen LogP contribution in [0.15, 0.2) is 36.4 Å². The maximum absolute atomic E-state index is 13.9. The summed E-state index contributed by atoms with van der Waals surface area (Å²) >= 11 is 0. The zero-order valence-electron chi connectivity index (χ0n) is 19.5. The molecule has 2 heterocycles. The molecule has 2 saturated heterocycles. The number of non-ortho nitro benzene ring substituents is 1. The normalized spacial score (nSPS) is 17.1. The van der Waals surface area contributed by atoms with Crippen molar-refractivity contribution >= 4 is 23.2 Å². The van der Waals surface area contributed by atoms with Crippen LogP contribution < -0.4 is 4.90 Å². The quantitative estimate of drug-likeness (QED) is 0.502. The SMILES string of the molecule is Cc1ccc(C(=O)N2CCN(C(=O)c3cc([N+](=O)[O-])ccc3N3CCC(C)CC3)CC2)cc1F. The van der Waals surface area contributed by atoms with Gasteiger partial charge in [-0.1, -0.05) is 13.0 Å². The highest BCUT2D eigenvalue weighted by molar-refractivity contribution is 6.01. The molecule has 0 saturated carbocycles. The van der Waals surface area contributed by atoms with Crippen molar-refractivity contribution in [3.8, 4) is 0 Å². The van der Waals surface area contributed by atoms with Gasteiger partial charge in [0.2, 0.25) is 0 Å². The number of rotatable bonds is 4. The lowest BCUT2D eigenvalue weighted by atomic mass is 9.97. The van der Waals surface area contributed by atoms with E-state index >= 15 is 0 Å². The molecule has 0 aromatic heterocycles. The van der Waals surface area contributed by atoms with E-state index in [1.54, 1.807) is 34.9 Å². The molecule has 2 aromatic rings. The van der Waals surface area contributed by atoms with Gasteiger partial charge in [-0.25, -0.2) is 4.39 Å². The largest absolute Gasteiger partial charge is 0.371 e. The smallest absolute Gasteiger partial charge is 0.270 e. The first kappa shape index (κ1) is 23.7. The van der Waals surface area contributed by atoms with Gasteiger partial charge < -0.3 is 14.7 Å². The molecule has 0 radical (unpaired) electrons. The summed E-state index contributed by atoms with van der Waals surface area (Å²) in [5, 5.41) is 11.4. The predicted molar refractivity (Wildman–Crippen MR) is 127 cm³/mol. The number of nitro benzene ring substituents is 1. The van der Waals surface area contributed by atoms with Crippen molar-refractivity contribution in [3.63, 3.8) is 0 Å². The van der Waals surface area contributed by atoms with E-state index in [0.717, 1.165) is 31.6 Å². The highest BCUT2D eigenvalue weighted by atomic mass is 19.1. The van der Waals surface area contributed by atoms with Gasteiger partial charge in [-0.15, -0.1) is 0 Å². The molecule has 0 atom stereocenters. The van der Waals surface area contributed by atoms with Crippen molar-refractivity contribution in [2.45, 2.75) is 26.7 Å². The molecule has 9 heteroatoms. The summed E-state index contributed by atoms with van der Waals surface area (Å²) in [6.45, 7) is 6.67. The second-order valence-corrected chi connectivity index (χ2v) is 9.18. The van der Waals surface area contributed by atoms with Gasteiger partial charge in [0, 0.05) is 57.0 Å². The molecule has 2 aliphatic rings. The average molecular weight is 469 g/mol. The van der Waals surface area contributed by atoms with Crippen LogP contribution >= 0.6 is 0 Å². The van der Waals surface area contributed by atoms with Crippen LogP contribution in [0, 0.1) is 28.8 Å². The number of anilines is 1. The molecule has 4 rings (SSSR count). The molecule has 0 aliphatic carbocycles. The van der Waals surface area contributed by atoms with Crippen molar-refractivity contribution in [3.05, 3.63) is 69.0 Å². The van der Waals surface area contributed by atoms with E-state index < -0.39 is 10.7 Å². The van der Waals surface area contributed by atoms with E-state index in [9.17, 15) is 24.1 Å². The Kier molecular flexibility index (Phi) is 6.81. The highest BCUT2D eigenvalue weighted by Gasteiger charge is 2.30. The number of piperazine rings is 1. The summed E-state index contributed by atoms with van der Waals surface area (Å²) in [5.41, 5.74) is 1.68. The van der Waals surface area contributed by atoms with Crippen LogP contribution in [-0.4, -0.2) is 65.8 Å². The Morgan fingerprint density at radius 1 is 0.941 bits per heavy atom. The van der Waals surface area contributed by atoms with E-state index in [4.69, 9.17) is 0 Å². The van der Waals surface area contributed by atoms with Crippen LogP contribution in [0.5, 0.6) is 0 Å². The lowest BCUT2D eigenvalue weighted by Gasteiger charge is -2.37. The third-order valence-electron chi connectivity index (χ3n) is 6.82. The molecule has 34 heavy (non-hydrogen) atoms. The van der Waals surface area contributed by atoms with E-state index in [2.05, 4.69) is 11.8 Å². The maximum Gasteiger partial charge on any atom is 0.270 e. The summed E-state index contributed by atoms with van der Waals surface area (Å²) < 4.78 is 13.9. The minimum atomic E-state index is -0.490. The number of piperidine rings is 1. The summed E-state index contributed by atoms with van der Waals surface area (Å²) in [4.78, 5) is 42.5. The van der Waals surface area contributed by atoms with Gasteiger partial charge >= 0.3 is 0 Å².